The second-order valence-electron chi connectivity index (χ2n) is 9.49. The summed E-state index contributed by atoms with van der Waals surface area (Å²) in [6.45, 7) is 4.96. The molecular weight excluding hydrogens is 412 g/mol. The van der Waals surface area contributed by atoms with Gasteiger partial charge in [-0.2, -0.15) is 0 Å². The van der Waals surface area contributed by atoms with Crippen LogP contribution in [0.2, 0.25) is 0 Å². The number of hydrogen-bond donors (Lipinski definition) is 1. The van der Waals surface area contributed by atoms with Gasteiger partial charge in [-0.1, -0.05) is 42.7 Å². The molecule has 1 atom stereocenters. The molecule has 4 aromatic rings. The fraction of sp³-hybridized carbons (Fsp3) is 0.385. The average Bonchev–Trinajstić information content (AvgIpc) is 3.56. The van der Waals surface area contributed by atoms with Crippen molar-refractivity contribution >= 4 is 16.6 Å². The van der Waals surface area contributed by atoms with E-state index in [1.54, 1.807) is 0 Å². The van der Waals surface area contributed by atoms with E-state index >= 15 is 0 Å². The first-order valence-electron chi connectivity index (χ1n) is 11.9. The van der Waals surface area contributed by atoms with Crippen molar-refractivity contribution in [3.63, 3.8) is 0 Å². The Morgan fingerprint density at radius 2 is 1.91 bits per heavy atom. The molecular formula is C26H28N6O. The van der Waals surface area contributed by atoms with E-state index < -0.39 is 0 Å². The number of aromatic nitrogens is 5. The highest BCUT2D eigenvalue weighted by Gasteiger charge is 2.36. The van der Waals surface area contributed by atoms with E-state index in [0.717, 1.165) is 53.8 Å². The third-order valence-electron chi connectivity index (χ3n) is 7.28. The molecule has 0 saturated heterocycles. The van der Waals surface area contributed by atoms with Crippen LogP contribution in [0.15, 0.2) is 47.3 Å². The first kappa shape index (κ1) is 20.1. The minimum Gasteiger partial charge on any atom is -0.357 e. The Bertz CT molecular complexity index is 1400. The van der Waals surface area contributed by atoms with Crippen LogP contribution in [0.1, 0.15) is 65.8 Å². The normalized spacial score (nSPS) is 17.1. The molecule has 1 aliphatic heterocycles. The Balaban J connectivity index is 1.57. The highest BCUT2D eigenvalue weighted by molar-refractivity contribution is 5.83. The molecule has 1 N–H and O–H groups in total. The number of benzene rings is 2. The summed E-state index contributed by atoms with van der Waals surface area (Å²) in [5.74, 6) is 0.757. The van der Waals surface area contributed by atoms with Crippen LogP contribution in [0.3, 0.4) is 0 Å². The predicted octanol–water partition coefficient (Wildman–Crippen LogP) is 4.40. The van der Waals surface area contributed by atoms with Crippen molar-refractivity contribution < 1.29 is 0 Å². The standard InChI is InChI=1S/C26H28N6O/c1-16-13-17(2)23-19(14-16)15-21(26(33)27-23)24(31-12-11-18-7-3-6-10-22(18)31)25-28-29-30-32(25)20-8-4-5-9-20/h3,6-7,10,13-15,20,24H,4-5,8-9,11-12H2,1-2H3,(H,27,33). The molecule has 7 heteroatoms. The Morgan fingerprint density at radius 1 is 1.09 bits per heavy atom. The van der Waals surface area contributed by atoms with Crippen LogP contribution < -0.4 is 10.5 Å². The number of pyridine rings is 1. The number of H-pyrrole nitrogens is 1. The Hall–Kier alpha value is -3.48. The Morgan fingerprint density at radius 3 is 2.76 bits per heavy atom. The molecule has 1 aliphatic carbocycles. The molecule has 0 bridgehead atoms. The van der Waals surface area contributed by atoms with Crippen LogP contribution in [0.4, 0.5) is 5.69 Å². The largest absolute Gasteiger partial charge is 0.357 e. The fourth-order valence-electron chi connectivity index (χ4n) is 5.77. The number of tetrazole rings is 1. The average molecular weight is 441 g/mol. The van der Waals surface area contributed by atoms with Gasteiger partial charge in [-0.25, -0.2) is 4.68 Å². The van der Waals surface area contributed by atoms with Gasteiger partial charge in [0.2, 0.25) is 0 Å². The van der Waals surface area contributed by atoms with Crippen LogP contribution in [0, 0.1) is 13.8 Å². The summed E-state index contributed by atoms with van der Waals surface area (Å²) in [5.41, 5.74) is 6.22. The molecule has 168 valence electrons. The van der Waals surface area contributed by atoms with Gasteiger partial charge in [-0.3, -0.25) is 4.79 Å². The van der Waals surface area contributed by atoms with Crippen molar-refractivity contribution in [3.8, 4) is 0 Å². The van der Waals surface area contributed by atoms with Crippen molar-refractivity contribution in [3.05, 3.63) is 80.9 Å². The SMILES string of the molecule is Cc1cc(C)c2[nH]c(=O)c(C(c3nnnn3C3CCCC3)N3CCc4ccccc43)cc2c1. The molecule has 2 aromatic carbocycles. The smallest absolute Gasteiger partial charge is 0.254 e. The lowest BCUT2D eigenvalue weighted by atomic mass is 10.00. The van der Waals surface area contributed by atoms with Gasteiger partial charge in [0.05, 0.1) is 11.6 Å². The minimum atomic E-state index is -0.349. The van der Waals surface area contributed by atoms with E-state index in [9.17, 15) is 4.79 Å². The minimum absolute atomic E-state index is 0.0789. The molecule has 3 heterocycles. The predicted molar refractivity (Wildman–Crippen MR) is 129 cm³/mol. The molecule has 1 fully saturated rings. The van der Waals surface area contributed by atoms with Gasteiger partial charge in [0.15, 0.2) is 5.82 Å². The number of nitrogens with zero attached hydrogens (tertiary/aromatic N) is 5. The van der Waals surface area contributed by atoms with Crippen LogP contribution in [0.25, 0.3) is 10.9 Å². The van der Waals surface area contributed by atoms with E-state index in [4.69, 9.17) is 0 Å². The van der Waals surface area contributed by atoms with Gasteiger partial charge in [0.25, 0.3) is 5.56 Å². The Labute approximate surface area is 192 Å². The summed E-state index contributed by atoms with van der Waals surface area (Å²) in [4.78, 5) is 19.0. The number of hydrogen-bond acceptors (Lipinski definition) is 5. The third kappa shape index (κ3) is 3.34. The van der Waals surface area contributed by atoms with Gasteiger partial charge in [0.1, 0.15) is 6.04 Å². The number of rotatable bonds is 4. The second kappa shape index (κ2) is 7.83. The Kier molecular flexibility index (Phi) is 4.78. The van der Waals surface area contributed by atoms with Crippen molar-refractivity contribution in [2.45, 2.75) is 58.0 Å². The molecule has 6 rings (SSSR count). The molecule has 7 nitrogen and oxygen atoms in total. The molecule has 33 heavy (non-hydrogen) atoms. The lowest BCUT2D eigenvalue weighted by Gasteiger charge is -2.30. The maximum absolute atomic E-state index is 13.5. The van der Waals surface area contributed by atoms with Gasteiger partial charge >= 0.3 is 0 Å². The zero-order valence-electron chi connectivity index (χ0n) is 19.1. The fourth-order valence-corrected chi connectivity index (χ4v) is 5.77. The van der Waals surface area contributed by atoms with E-state index in [-0.39, 0.29) is 11.6 Å². The summed E-state index contributed by atoms with van der Waals surface area (Å²) >= 11 is 0. The van der Waals surface area contributed by atoms with E-state index in [1.807, 2.05) is 17.7 Å². The van der Waals surface area contributed by atoms with E-state index in [1.165, 1.54) is 24.0 Å². The highest BCUT2D eigenvalue weighted by Crippen LogP contribution is 2.39. The zero-order chi connectivity index (χ0) is 22.5. The number of aryl methyl sites for hydroxylation is 2. The number of aromatic amines is 1. The molecule has 0 amide bonds. The molecule has 2 aliphatic rings. The van der Waals surface area contributed by atoms with Crippen molar-refractivity contribution in [2.24, 2.45) is 0 Å². The third-order valence-corrected chi connectivity index (χ3v) is 7.28. The number of nitrogens with one attached hydrogen (secondary N) is 1. The zero-order valence-corrected chi connectivity index (χ0v) is 19.1. The second-order valence-corrected chi connectivity index (χ2v) is 9.49. The van der Waals surface area contributed by atoms with E-state index in [0.29, 0.717) is 11.6 Å². The highest BCUT2D eigenvalue weighted by atomic mass is 16.1. The lowest BCUT2D eigenvalue weighted by Crippen LogP contribution is -2.34. The molecule has 1 saturated carbocycles. The molecule has 0 spiro atoms. The van der Waals surface area contributed by atoms with Crippen LogP contribution in [-0.4, -0.2) is 31.7 Å². The van der Waals surface area contributed by atoms with Crippen LogP contribution in [0.5, 0.6) is 0 Å². The topological polar surface area (TPSA) is 79.7 Å². The van der Waals surface area contributed by atoms with Crippen molar-refractivity contribution in [2.75, 3.05) is 11.4 Å². The summed E-state index contributed by atoms with van der Waals surface area (Å²) in [5, 5.41) is 14.1. The summed E-state index contributed by atoms with van der Waals surface area (Å²) in [7, 11) is 0. The van der Waals surface area contributed by atoms with Gasteiger partial charge in [0, 0.05) is 17.8 Å². The van der Waals surface area contributed by atoms with Crippen LogP contribution in [-0.2, 0) is 6.42 Å². The quantitative estimate of drug-likeness (QED) is 0.509. The summed E-state index contributed by atoms with van der Waals surface area (Å²) in [6, 6.07) is 14.7. The first-order chi connectivity index (χ1) is 16.1. The number of fused-ring (bicyclic) bond motifs is 2. The summed E-state index contributed by atoms with van der Waals surface area (Å²) < 4.78 is 1.99. The van der Waals surface area contributed by atoms with Crippen molar-refractivity contribution in [1.29, 1.82) is 0 Å². The van der Waals surface area contributed by atoms with Crippen molar-refractivity contribution in [1.82, 2.24) is 25.2 Å². The van der Waals surface area contributed by atoms with Gasteiger partial charge in [-0.05, 0) is 78.2 Å². The number of anilines is 1. The van der Waals surface area contributed by atoms with Gasteiger partial charge in [-0.15, -0.1) is 5.10 Å². The molecule has 0 radical (unpaired) electrons. The summed E-state index contributed by atoms with van der Waals surface area (Å²) in [6.07, 6.45) is 5.48. The first-order valence-corrected chi connectivity index (χ1v) is 11.9. The lowest BCUT2D eigenvalue weighted by molar-refractivity contribution is 0.428. The van der Waals surface area contributed by atoms with E-state index in [2.05, 4.69) is 68.7 Å². The maximum Gasteiger partial charge on any atom is 0.254 e. The number of para-hydroxylation sites is 1. The maximum atomic E-state index is 13.5. The van der Waals surface area contributed by atoms with Crippen LogP contribution >= 0.6 is 0 Å². The monoisotopic (exact) mass is 440 g/mol. The van der Waals surface area contributed by atoms with Gasteiger partial charge < -0.3 is 9.88 Å². The molecule has 2 aromatic heterocycles. The molecule has 1 unspecified atom stereocenters.